The van der Waals surface area contributed by atoms with Gasteiger partial charge < -0.3 is 10.2 Å². The van der Waals surface area contributed by atoms with Crippen LogP contribution in [-0.4, -0.2) is 29.8 Å². The summed E-state index contributed by atoms with van der Waals surface area (Å²) in [6.07, 6.45) is 2.03. The smallest absolute Gasteiger partial charge is 0.321 e. The summed E-state index contributed by atoms with van der Waals surface area (Å²) in [5, 5.41) is 2.82. The molecule has 1 aromatic rings. The number of Topliss-reactive ketones (excluding diaryl/α,β-unsaturated/α-hetero) is 1. The van der Waals surface area contributed by atoms with E-state index in [9.17, 15) is 9.59 Å². The lowest BCUT2D eigenvalue weighted by Gasteiger charge is -2.24. The number of nitrogens with one attached hydrogen (secondary N) is 1. The zero-order valence-electron chi connectivity index (χ0n) is 12.1. The van der Waals surface area contributed by atoms with Gasteiger partial charge in [0.15, 0.2) is 5.78 Å². The van der Waals surface area contributed by atoms with Crippen LogP contribution in [0.25, 0.3) is 0 Å². The average Bonchev–Trinajstić information content (AvgIpc) is 2.38. The summed E-state index contributed by atoms with van der Waals surface area (Å²) in [5.74, 6) is 0.0200. The van der Waals surface area contributed by atoms with E-state index < -0.39 is 0 Å². The van der Waals surface area contributed by atoms with Gasteiger partial charge in [-0.05, 0) is 44.5 Å². The van der Waals surface area contributed by atoms with Crippen molar-refractivity contribution < 1.29 is 9.59 Å². The Morgan fingerprint density at radius 2 is 1.84 bits per heavy atom. The molecule has 19 heavy (non-hydrogen) atoms. The van der Waals surface area contributed by atoms with Crippen LogP contribution in [0.2, 0.25) is 0 Å². The summed E-state index contributed by atoms with van der Waals surface area (Å²) in [4.78, 5) is 24.8. The standard InChI is InChI=1S/C15H22N2O2/c1-5-6-11(2)17(4)15(19)16-14-9-7-13(8-10-14)12(3)18/h7-11H,5-6H2,1-4H3,(H,16,19). The van der Waals surface area contributed by atoms with Crippen molar-refractivity contribution >= 4 is 17.5 Å². The van der Waals surface area contributed by atoms with Crippen molar-refractivity contribution in [3.05, 3.63) is 29.8 Å². The van der Waals surface area contributed by atoms with E-state index in [-0.39, 0.29) is 17.9 Å². The molecule has 0 radical (unpaired) electrons. The molecule has 104 valence electrons. The Bertz CT molecular complexity index is 440. The Morgan fingerprint density at radius 1 is 1.26 bits per heavy atom. The molecule has 0 aliphatic rings. The molecular formula is C15H22N2O2. The summed E-state index contributed by atoms with van der Waals surface area (Å²) in [7, 11) is 1.79. The number of hydrogen-bond acceptors (Lipinski definition) is 2. The van der Waals surface area contributed by atoms with Crippen molar-refractivity contribution in [2.45, 2.75) is 39.7 Å². The third-order valence-electron chi connectivity index (χ3n) is 3.23. The quantitative estimate of drug-likeness (QED) is 0.825. The molecule has 4 nitrogen and oxygen atoms in total. The van der Waals surface area contributed by atoms with Gasteiger partial charge in [0.25, 0.3) is 0 Å². The summed E-state index contributed by atoms with van der Waals surface area (Å²) in [5.41, 5.74) is 1.34. The molecule has 0 aliphatic heterocycles. The molecule has 2 amide bonds. The lowest BCUT2D eigenvalue weighted by atomic mass is 10.1. The molecule has 0 bridgehead atoms. The Morgan fingerprint density at radius 3 is 2.32 bits per heavy atom. The Labute approximate surface area is 114 Å². The molecule has 1 unspecified atom stereocenters. The maximum Gasteiger partial charge on any atom is 0.321 e. The van der Waals surface area contributed by atoms with E-state index in [0.717, 1.165) is 12.8 Å². The van der Waals surface area contributed by atoms with E-state index in [0.29, 0.717) is 11.3 Å². The van der Waals surface area contributed by atoms with Gasteiger partial charge >= 0.3 is 6.03 Å². The number of carbonyl (C=O) groups excluding carboxylic acids is 2. The van der Waals surface area contributed by atoms with Crippen molar-refractivity contribution in [1.82, 2.24) is 4.90 Å². The molecule has 0 aromatic heterocycles. The SMILES string of the molecule is CCCC(C)N(C)C(=O)Nc1ccc(C(C)=O)cc1. The number of benzene rings is 1. The third-order valence-corrected chi connectivity index (χ3v) is 3.23. The van der Waals surface area contributed by atoms with Gasteiger partial charge in [-0.25, -0.2) is 4.79 Å². The topological polar surface area (TPSA) is 49.4 Å². The average molecular weight is 262 g/mol. The van der Waals surface area contributed by atoms with Crippen molar-refractivity contribution in [2.75, 3.05) is 12.4 Å². The molecule has 0 saturated carbocycles. The van der Waals surface area contributed by atoms with Crippen LogP contribution in [0, 0.1) is 0 Å². The second-order valence-corrected chi connectivity index (χ2v) is 4.81. The predicted molar refractivity (Wildman–Crippen MR) is 77.6 cm³/mol. The van der Waals surface area contributed by atoms with Crippen LogP contribution in [0.3, 0.4) is 0 Å². The fraction of sp³-hybridized carbons (Fsp3) is 0.467. The van der Waals surface area contributed by atoms with Gasteiger partial charge in [-0.1, -0.05) is 13.3 Å². The van der Waals surface area contributed by atoms with Crippen LogP contribution in [0.15, 0.2) is 24.3 Å². The fourth-order valence-electron chi connectivity index (χ4n) is 1.81. The first kappa shape index (κ1) is 15.2. The Balaban J connectivity index is 2.63. The largest absolute Gasteiger partial charge is 0.325 e. The van der Waals surface area contributed by atoms with E-state index in [1.165, 1.54) is 6.92 Å². The van der Waals surface area contributed by atoms with E-state index in [4.69, 9.17) is 0 Å². The van der Waals surface area contributed by atoms with E-state index >= 15 is 0 Å². The molecule has 1 N–H and O–H groups in total. The highest BCUT2D eigenvalue weighted by Crippen LogP contribution is 2.12. The maximum absolute atomic E-state index is 12.0. The molecule has 0 saturated heterocycles. The number of nitrogens with zero attached hydrogens (tertiary/aromatic N) is 1. The molecule has 0 fully saturated rings. The van der Waals surface area contributed by atoms with Crippen LogP contribution >= 0.6 is 0 Å². The minimum absolute atomic E-state index is 0.0200. The molecular weight excluding hydrogens is 240 g/mol. The number of urea groups is 1. The number of carbonyl (C=O) groups is 2. The predicted octanol–water partition coefficient (Wildman–Crippen LogP) is 3.54. The molecule has 1 rings (SSSR count). The zero-order valence-corrected chi connectivity index (χ0v) is 12.1. The summed E-state index contributed by atoms with van der Waals surface area (Å²) in [6, 6.07) is 7.00. The van der Waals surface area contributed by atoms with Crippen molar-refractivity contribution in [2.24, 2.45) is 0 Å². The first-order chi connectivity index (χ1) is 8.95. The lowest BCUT2D eigenvalue weighted by molar-refractivity contribution is 0.101. The highest BCUT2D eigenvalue weighted by molar-refractivity contribution is 5.95. The van der Waals surface area contributed by atoms with Crippen molar-refractivity contribution in [3.8, 4) is 0 Å². The summed E-state index contributed by atoms with van der Waals surface area (Å²) < 4.78 is 0. The highest BCUT2D eigenvalue weighted by atomic mass is 16.2. The zero-order chi connectivity index (χ0) is 14.4. The van der Waals surface area contributed by atoms with Gasteiger partial charge in [0.2, 0.25) is 0 Å². The van der Waals surface area contributed by atoms with Gasteiger partial charge in [0.05, 0.1) is 0 Å². The van der Waals surface area contributed by atoms with Crippen LogP contribution in [-0.2, 0) is 0 Å². The molecule has 0 spiro atoms. The molecule has 4 heteroatoms. The summed E-state index contributed by atoms with van der Waals surface area (Å²) >= 11 is 0. The lowest BCUT2D eigenvalue weighted by Crippen LogP contribution is -2.38. The van der Waals surface area contributed by atoms with Crippen molar-refractivity contribution in [1.29, 1.82) is 0 Å². The van der Waals surface area contributed by atoms with E-state index in [2.05, 4.69) is 12.2 Å². The Kier molecular flexibility index (Phi) is 5.55. The molecule has 1 aromatic carbocycles. The van der Waals surface area contributed by atoms with Crippen molar-refractivity contribution in [3.63, 3.8) is 0 Å². The number of hydrogen-bond donors (Lipinski definition) is 1. The number of amides is 2. The van der Waals surface area contributed by atoms with Crippen LogP contribution in [0.4, 0.5) is 10.5 Å². The second kappa shape index (κ2) is 6.92. The van der Waals surface area contributed by atoms with Crippen LogP contribution in [0.1, 0.15) is 44.0 Å². The van der Waals surface area contributed by atoms with Gasteiger partial charge in [0.1, 0.15) is 0 Å². The maximum atomic E-state index is 12.0. The minimum atomic E-state index is -0.128. The number of anilines is 1. The normalized spacial score (nSPS) is 11.8. The molecule has 0 heterocycles. The highest BCUT2D eigenvalue weighted by Gasteiger charge is 2.14. The second-order valence-electron chi connectivity index (χ2n) is 4.81. The third kappa shape index (κ3) is 4.39. The van der Waals surface area contributed by atoms with Gasteiger partial charge in [-0.15, -0.1) is 0 Å². The van der Waals surface area contributed by atoms with E-state index in [1.54, 1.807) is 36.2 Å². The molecule has 0 aliphatic carbocycles. The van der Waals surface area contributed by atoms with Crippen LogP contribution in [0.5, 0.6) is 0 Å². The van der Waals surface area contributed by atoms with Gasteiger partial charge in [-0.2, -0.15) is 0 Å². The number of rotatable bonds is 5. The van der Waals surface area contributed by atoms with Crippen LogP contribution < -0.4 is 5.32 Å². The fourth-order valence-corrected chi connectivity index (χ4v) is 1.81. The first-order valence-corrected chi connectivity index (χ1v) is 6.60. The van der Waals surface area contributed by atoms with Gasteiger partial charge in [0, 0.05) is 24.3 Å². The van der Waals surface area contributed by atoms with E-state index in [1.807, 2.05) is 6.92 Å². The summed E-state index contributed by atoms with van der Waals surface area (Å²) in [6.45, 7) is 5.65. The monoisotopic (exact) mass is 262 g/mol. The van der Waals surface area contributed by atoms with Gasteiger partial charge in [-0.3, -0.25) is 4.79 Å². The number of ketones is 1. The Hall–Kier alpha value is -1.84. The minimum Gasteiger partial charge on any atom is -0.325 e. The molecule has 1 atom stereocenters. The first-order valence-electron chi connectivity index (χ1n) is 6.60.